The van der Waals surface area contributed by atoms with Crippen LogP contribution >= 0.6 is 11.6 Å². The zero-order chi connectivity index (χ0) is 15.6. The quantitative estimate of drug-likeness (QED) is 0.907. The van der Waals surface area contributed by atoms with Crippen LogP contribution in [0.5, 0.6) is 0 Å². The van der Waals surface area contributed by atoms with Crippen molar-refractivity contribution in [2.75, 3.05) is 5.32 Å². The molecule has 0 aromatic heterocycles. The third-order valence-corrected chi connectivity index (χ3v) is 3.24. The first-order valence-electron chi connectivity index (χ1n) is 6.15. The molecule has 1 amide bonds. The Morgan fingerprint density at radius 1 is 1.19 bits per heavy atom. The molecule has 0 spiro atoms. The molecule has 0 saturated heterocycles. The van der Waals surface area contributed by atoms with E-state index in [4.69, 9.17) is 17.3 Å². The third kappa shape index (κ3) is 3.70. The first-order valence-corrected chi connectivity index (χ1v) is 6.52. The largest absolute Gasteiger partial charge is 0.370 e. The summed E-state index contributed by atoms with van der Waals surface area (Å²) in [7, 11) is 0. The minimum absolute atomic E-state index is 0.0689. The molecule has 2 aromatic rings. The van der Waals surface area contributed by atoms with Crippen molar-refractivity contribution in [3.05, 3.63) is 64.2 Å². The Labute approximate surface area is 125 Å². The number of carbonyl (C=O) groups excluding carboxylic acids is 1. The molecular formula is C15H13ClF2N2O. The second-order valence-electron chi connectivity index (χ2n) is 4.66. The number of aryl methyl sites for hydroxylation is 1. The summed E-state index contributed by atoms with van der Waals surface area (Å²) in [4.78, 5) is 11.6. The monoisotopic (exact) mass is 310 g/mol. The third-order valence-electron chi connectivity index (χ3n) is 2.91. The number of halogens is 3. The first-order chi connectivity index (χ1) is 9.86. The van der Waals surface area contributed by atoms with E-state index in [0.29, 0.717) is 16.8 Å². The second kappa shape index (κ2) is 6.10. The summed E-state index contributed by atoms with van der Waals surface area (Å²) in [5.74, 6) is -1.66. The van der Waals surface area contributed by atoms with E-state index in [1.807, 2.05) is 0 Å². The van der Waals surface area contributed by atoms with E-state index < -0.39 is 23.6 Å². The predicted octanol–water partition coefficient (Wildman–Crippen LogP) is 3.57. The molecule has 3 nitrogen and oxygen atoms in total. The van der Waals surface area contributed by atoms with Crippen molar-refractivity contribution in [2.45, 2.75) is 13.0 Å². The lowest BCUT2D eigenvalue weighted by Crippen LogP contribution is -2.28. The van der Waals surface area contributed by atoms with Gasteiger partial charge in [0.1, 0.15) is 17.7 Å². The van der Waals surface area contributed by atoms with Crippen molar-refractivity contribution < 1.29 is 13.6 Å². The van der Waals surface area contributed by atoms with E-state index in [2.05, 4.69) is 5.32 Å². The van der Waals surface area contributed by atoms with Gasteiger partial charge in [0.15, 0.2) is 0 Å². The highest BCUT2D eigenvalue weighted by molar-refractivity contribution is 6.31. The SMILES string of the molecule is Cc1cc(F)cc(NC(C(N)=O)c2ccc(F)cc2Cl)c1. The van der Waals surface area contributed by atoms with E-state index in [1.54, 1.807) is 13.0 Å². The minimum Gasteiger partial charge on any atom is -0.370 e. The maximum absolute atomic E-state index is 13.4. The minimum atomic E-state index is -0.987. The van der Waals surface area contributed by atoms with Crippen LogP contribution in [0, 0.1) is 18.6 Å². The van der Waals surface area contributed by atoms with Crippen molar-refractivity contribution in [2.24, 2.45) is 5.73 Å². The highest BCUT2D eigenvalue weighted by Crippen LogP contribution is 2.27. The van der Waals surface area contributed by atoms with Gasteiger partial charge in [0, 0.05) is 16.3 Å². The van der Waals surface area contributed by atoms with Gasteiger partial charge >= 0.3 is 0 Å². The van der Waals surface area contributed by atoms with Crippen LogP contribution in [0.4, 0.5) is 14.5 Å². The lowest BCUT2D eigenvalue weighted by Gasteiger charge is -2.19. The Morgan fingerprint density at radius 3 is 2.48 bits per heavy atom. The molecule has 0 heterocycles. The molecule has 21 heavy (non-hydrogen) atoms. The Balaban J connectivity index is 2.37. The summed E-state index contributed by atoms with van der Waals surface area (Å²) in [6, 6.07) is 6.90. The Bertz CT molecular complexity index is 671. The topological polar surface area (TPSA) is 55.1 Å². The van der Waals surface area contributed by atoms with Gasteiger partial charge < -0.3 is 11.1 Å². The van der Waals surface area contributed by atoms with Crippen molar-refractivity contribution in [1.82, 2.24) is 0 Å². The lowest BCUT2D eigenvalue weighted by atomic mass is 10.1. The van der Waals surface area contributed by atoms with Crippen LogP contribution in [0.2, 0.25) is 5.02 Å². The Kier molecular flexibility index (Phi) is 4.43. The van der Waals surface area contributed by atoms with Gasteiger partial charge in [-0.05, 0) is 42.8 Å². The summed E-state index contributed by atoms with van der Waals surface area (Å²) in [6.45, 7) is 1.72. The molecule has 0 radical (unpaired) electrons. The molecule has 3 N–H and O–H groups in total. The van der Waals surface area contributed by atoms with Crippen molar-refractivity contribution >= 4 is 23.2 Å². The molecule has 1 unspecified atom stereocenters. The average Bonchev–Trinajstić information content (AvgIpc) is 2.35. The standard InChI is InChI=1S/C15H13ClF2N2O/c1-8-4-10(18)6-11(5-8)20-14(15(19)21)12-3-2-9(17)7-13(12)16/h2-7,14,20H,1H3,(H2,19,21). The highest BCUT2D eigenvalue weighted by Gasteiger charge is 2.21. The number of amides is 1. The molecule has 1 atom stereocenters. The number of hydrogen-bond acceptors (Lipinski definition) is 2. The molecule has 6 heteroatoms. The summed E-state index contributed by atoms with van der Waals surface area (Å²) in [5.41, 5.74) is 6.75. The van der Waals surface area contributed by atoms with E-state index in [1.165, 1.54) is 24.3 Å². The van der Waals surface area contributed by atoms with Gasteiger partial charge in [0.2, 0.25) is 5.91 Å². The molecular weight excluding hydrogens is 298 g/mol. The number of primary amides is 1. The number of nitrogens with two attached hydrogens (primary N) is 1. The van der Waals surface area contributed by atoms with Gasteiger partial charge in [-0.25, -0.2) is 8.78 Å². The molecule has 0 aliphatic heterocycles. The summed E-state index contributed by atoms with van der Waals surface area (Å²) < 4.78 is 26.5. The van der Waals surface area contributed by atoms with E-state index >= 15 is 0 Å². The van der Waals surface area contributed by atoms with Crippen LogP contribution in [0.25, 0.3) is 0 Å². The van der Waals surface area contributed by atoms with E-state index in [9.17, 15) is 13.6 Å². The van der Waals surface area contributed by atoms with Crippen LogP contribution < -0.4 is 11.1 Å². The van der Waals surface area contributed by atoms with Crippen molar-refractivity contribution in [3.63, 3.8) is 0 Å². The Hall–Kier alpha value is -2.14. The van der Waals surface area contributed by atoms with Gasteiger partial charge in [-0.3, -0.25) is 4.79 Å². The second-order valence-corrected chi connectivity index (χ2v) is 5.07. The fourth-order valence-corrected chi connectivity index (χ4v) is 2.30. The number of benzene rings is 2. The first kappa shape index (κ1) is 15.3. The molecule has 0 fully saturated rings. The van der Waals surface area contributed by atoms with Crippen molar-refractivity contribution in [3.8, 4) is 0 Å². The molecule has 0 saturated carbocycles. The molecule has 110 valence electrons. The predicted molar refractivity (Wildman–Crippen MR) is 78.1 cm³/mol. The van der Waals surface area contributed by atoms with Gasteiger partial charge in [-0.2, -0.15) is 0 Å². The van der Waals surface area contributed by atoms with Gasteiger partial charge in [-0.15, -0.1) is 0 Å². The number of nitrogens with one attached hydrogen (secondary N) is 1. The van der Waals surface area contributed by atoms with Gasteiger partial charge in [-0.1, -0.05) is 17.7 Å². The zero-order valence-corrected chi connectivity index (χ0v) is 11.9. The molecule has 0 aliphatic carbocycles. The van der Waals surface area contributed by atoms with Crippen molar-refractivity contribution in [1.29, 1.82) is 0 Å². The Morgan fingerprint density at radius 2 is 1.90 bits per heavy atom. The van der Waals surface area contributed by atoms with E-state index in [0.717, 1.165) is 6.07 Å². The van der Waals surface area contributed by atoms with Crippen LogP contribution in [-0.4, -0.2) is 5.91 Å². The fourth-order valence-electron chi connectivity index (χ4n) is 2.02. The summed E-state index contributed by atoms with van der Waals surface area (Å²) in [5, 5.41) is 2.88. The number of anilines is 1. The fraction of sp³-hybridized carbons (Fsp3) is 0.133. The van der Waals surface area contributed by atoms with Crippen LogP contribution in [0.1, 0.15) is 17.2 Å². The van der Waals surface area contributed by atoms with E-state index in [-0.39, 0.29) is 5.02 Å². The average molecular weight is 311 g/mol. The number of rotatable bonds is 4. The molecule has 0 bridgehead atoms. The normalized spacial score (nSPS) is 12.0. The van der Waals surface area contributed by atoms with Gasteiger partial charge in [0.05, 0.1) is 0 Å². The van der Waals surface area contributed by atoms with Gasteiger partial charge in [0.25, 0.3) is 0 Å². The van der Waals surface area contributed by atoms with Crippen LogP contribution in [0.3, 0.4) is 0 Å². The highest BCUT2D eigenvalue weighted by atomic mass is 35.5. The van der Waals surface area contributed by atoms with Crippen LogP contribution in [-0.2, 0) is 4.79 Å². The smallest absolute Gasteiger partial charge is 0.244 e. The molecule has 2 aromatic carbocycles. The maximum Gasteiger partial charge on any atom is 0.244 e. The maximum atomic E-state index is 13.4. The molecule has 2 rings (SSSR count). The number of carbonyl (C=O) groups is 1. The lowest BCUT2D eigenvalue weighted by molar-refractivity contribution is -0.118. The summed E-state index contributed by atoms with van der Waals surface area (Å²) in [6.07, 6.45) is 0. The molecule has 0 aliphatic rings. The van der Waals surface area contributed by atoms with Crippen LogP contribution in [0.15, 0.2) is 36.4 Å². The summed E-state index contributed by atoms with van der Waals surface area (Å²) >= 11 is 5.94. The zero-order valence-electron chi connectivity index (χ0n) is 11.2. The number of hydrogen-bond donors (Lipinski definition) is 2.